The average molecular weight is 205 g/mol. The molecule has 0 amide bonds. The SMILES string of the molecule is O=C(O)[C@H]1CCN[C@@H]1Cc1ccccc1. The molecule has 0 unspecified atom stereocenters. The summed E-state index contributed by atoms with van der Waals surface area (Å²) in [5.41, 5.74) is 1.20. The molecule has 2 rings (SSSR count). The van der Waals surface area contributed by atoms with Crippen LogP contribution in [0.25, 0.3) is 0 Å². The Labute approximate surface area is 89.1 Å². The molecular formula is C12H15NO2. The van der Waals surface area contributed by atoms with Crippen molar-refractivity contribution in [2.75, 3.05) is 6.54 Å². The lowest BCUT2D eigenvalue weighted by Crippen LogP contribution is -2.33. The molecule has 0 bridgehead atoms. The van der Waals surface area contributed by atoms with Gasteiger partial charge in [0, 0.05) is 6.04 Å². The molecule has 2 N–H and O–H groups in total. The first-order valence-corrected chi connectivity index (χ1v) is 5.27. The number of carbonyl (C=O) groups is 1. The first-order chi connectivity index (χ1) is 7.27. The molecular weight excluding hydrogens is 190 g/mol. The van der Waals surface area contributed by atoms with Gasteiger partial charge in [-0.15, -0.1) is 0 Å². The Morgan fingerprint density at radius 3 is 2.80 bits per heavy atom. The number of hydrogen-bond donors (Lipinski definition) is 2. The topological polar surface area (TPSA) is 49.3 Å². The molecule has 2 atom stereocenters. The molecule has 1 aliphatic heterocycles. The summed E-state index contributed by atoms with van der Waals surface area (Å²) < 4.78 is 0. The van der Waals surface area contributed by atoms with E-state index in [1.165, 1.54) is 5.56 Å². The monoisotopic (exact) mass is 205 g/mol. The third-order valence-electron chi connectivity index (χ3n) is 2.96. The van der Waals surface area contributed by atoms with E-state index in [9.17, 15) is 4.79 Å². The maximum atomic E-state index is 11.0. The Morgan fingerprint density at radius 1 is 1.40 bits per heavy atom. The maximum Gasteiger partial charge on any atom is 0.308 e. The van der Waals surface area contributed by atoms with Gasteiger partial charge in [-0.25, -0.2) is 0 Å². The van der Waals surface area contributed by atoms with E-state index in [4.69, 9.17) is 5.11 Å². The van der Waals surface area contributed by atoms with Crippen molar-refractivity contribution >= 4 is 5.97 Å². The van der Waals surface area contributed by atoms with Crippen molar-refractivity contribution in [3.05, 3.63) is 35.9 Å². The first-order valence-electron chi connectivity index (χ1n) is 5.27. The average Bonchev–Trinajstić information content (AvgIpc) is 2.67. The zero-order valence-corrected chi connectivity index (χ0v) is 8.52. The molecule has 0 aromatic heterocycles. The number of aliphatic carboxylic acids is 1. The van der Waals surface area contributed by atoms with Crippen molar-refractivity contribution in [2.24, 2.45) is 5.92 Å². The Kier molecular flexibility index (Phi) is 3.02. The van der Waals surface area contributed by atoms with Crippen LogP contribution in [0.5, 0.6) is 0 Å². The molecule has 80 valence electrons. The summed E-state index contributed by atoms with van der Waals surface area (Å²) in [7, 11) is 0. The summed E-state index contributed by atoms with van der Waals surface area (Å²) >= 11 is 0. The van der Waals surface area contributed by atoms with Crippen molar-refractivity contribution in [1.82, 2.24) is 5.32 Å². The van der Waals surface area contributed by atoms with Crippen LogP contribution in [0, 0.1) is 5.92 Å². The molecule has 1 fully saturated rings. The highest BCUT2D eigenvalue weighted by molar-refractivity contribution is 5.71. The normalized spacial score (nSPS) is 25.3. The van der Waals surface area contributed by atoms with Crippen LogP contribution >= 0.6 is 0 Å². The van der Waals surface area contributed by atoms with Gasteiger partial charge in [-0.2, -0.15) is 0 Å². The predicted molar refractivity (Wildman–Crippen MR) is 57.7 cm³/mol. The van der Waals surface area contributed by atoms with Crippen LogP contribution in [0.4, 0.5) is 0 Å². The quantitative estimate of drug-likeness (QED) is 0.781. The largest absolute Gasteiger partial charge is 0.481 e. The van der Waals surface area contributed by atoms with Crippen LogP contribution in [-0.2, 0) is 11.2 Å². The molecule has 15 heavy (non-hydrogen) atoms. The molecule has 0 radical (unpaired) electrons. The molecule has 1 aromatic rings. The minimum absolute atomic E-state index is 0.0879. The van der Waals surface area contributed by atoms with Gasteiger partial charge in [-0.1, -0.05) is 30.3 Å². The Hall–Kier alpha value is -1.35. The molecule has 3 nitrogen and oxygen atoms in total. The second kappa shape index (κ2) is 4.45. The molecule has 1 heterocycles. The van der Waals surface area contributed by atoms with Crippen LogP contribution in [0.2, 0.25) is 0 Å². The maximum absolute atomic E-state index is 11.0. The zero-order chi connectivity index (χ0) is 10.7. The Bertz CT molecular complexity index is 337. The van der Waals surface area contributed by atoms with Crippen LogP contribution < -0.4 is 5.32 Å². The van der Waals surface area contributed by atoms with E-state index in [2.05, 4.69) is 5.32 Å². The van der Waals surface area contributed by atoms with Gasteiger partial charge in [0.15, 0.2) is 0 Å². The Morgan fingerprint density at radius 2 is 2.13 bits per heavy atom. The minimum Gasteiger partial charge on any atom is -0.481 e. The van der Waals surface area contributed by atoms with Crippen LogP contribution in [0.3, 0.4) is 0 Å². The van der Waals surface area contributed by atoms with E-state index in [-0.39, 0.29) is 12.0 Å². The summed E-state index contributed by atoms with van der Waals surface area (Å²) in [6.45, 7) is 0.814. The molecule has 1 saturated heterocycles. The summed E-state index contributed by atoms with van der Waals surface area (Å²) in [5.74, 6) is -0.911. The van der Waals surface area contributed by atoms with E-state index in [1.807, 2.05) is 30.3 Å². The second-order valence-corrected chi connectivity index (χ2v) is 3.98. The van der Waals surface area contributed by atoms with Gasteiger partial charge < -0.3 is 10.4 Å². The van der Waals surface area contributed by atoms with Crippen molar-refractivity contribution in [1.29, 1.82) is 0 Å². The molecule has 0 aliphatic carbocycles. The van der Waals surface area contributed by atoms with Crippen LogP contribution in [0.15, 0.2) is 30.3 Å². The fraction of sp³-hybridized carbons (Fsp3) is 0.417. The molecule has 0 saturated carbocycles. The van der Waals surface area contributed by atoms with E-state index in [1.54, 1.807) is 0 Å². The number of carboxylic acid groups (broad SMARTS) is 1. The van der Waals surface area contributed by atoms with Crippen molar-refractivity contribution < 1.29 is 9.90 Å². The van der Waals surface area contributed by atoms with Crippen LogP contribution in [0.1, 0.15) is 12.0 Å². The summed E-state index contributed by atoms with van der Waals surface area (Å²) in [6, 6.07) is 10.1. The number of hydrogen-bond acceptors (Lipinski definition) is 2. The van der Waals surface area contributed by atoms with Gasteiger partial charge in [0.2, 0.25) is 0 Å². The van der Waals surface area contributed by atoms with Gasteiger partial charge in [-0.05, 0) is 24.9 Å². The Balaban J connectivity index is 2.03. The predicted octanol–water partition coefficient (Wildman–Crippen LogP) is 1.29. The third kappa shape index (κ3) is 2.36. The summed E-state index contributed by atoms with van der Waals surface area (Å²) in [4.78, 5) is 11.0. The highest BCUT2D eigenvalue weighted by atomic mass is 16.4. The van der Waals surface area contributed by atoms with E-state index < -0.39 is 5.97 Å². The van der Waals surface area contributed by atoms with E-state index in [0.29, 0.717) is 0 Å². The lowest BCUT2D eigenvalue weighted by molar-refractivity contribution is -0.141. The summed E-state index contributed by atoms with van der Waals surface area (Å²) in [6.07, 6.45) is 1.55. The first kappa shape index (κ1) is 10.2. The second-order valence-electron chi connectivity index (χ2n) is 3.98. The molecule has 1 aliphatic rings. The highest BCUT2D eigenvalue weighted by Gasteiger charge is 2.32. The molecule has 0 spiro atoms. The van der Waals surface area contributed by atoms with Gasteiger partial charge in [0.05, 0.1) is 5.92 Å². The lowest BCUT2D eigenvalue weighted by atomic mass is 9.95. The number of nitrogens with one attached hydrogen (secondary N) is 1. The van der Waals surface area contributed by atoms with E-state index in [0.717, 1.165) is 19.4 Å². The summed E-state index contributed by atoms with van der Waals surface area (Å²) in [5, 5.41) is 12.3. The van der Waals surface area contributed by atoms with Gasteiger partial charge in [-0.3, -0.25) is 4.79 Å². The lowest BCUT2D eigenvalue weighted by Gasteiger charge is -2.15. The van der Waals surface area contributed by atoms with Crippen molar-refractivity contribution in [2.45, 2.75) is 18.9 Å². The van der Waals surface area contributed by atoms with Crippen LogP contribution in [-0.4, -0.2) is 23.7 Å². The van der Waals surface area contributed by atoms with E-state index >= 15 is 0 Å². The van der Waals surface area contributed by atoms with Gasteiger partial charge in [0.25, 0.3) is 0 Å². The fourth-order valence-corrected chi connectivity index (χ4v) is 2.15. The highest BCUT2D eigenvalue weighted by Crippen LogP contribution is 2.19. The standard InChI is InChI=1S/C12H15NO2/c14-12(15)10-6-7-13-11(10)8-9-4-2-1-3-5-9/h1-5,10-11,13H,6-8H2,(H,14,15)/t10-,11+/m0/s1. The number of rotatable bonds is 3. The van der Waals surface area contributed by atoms with Crippen molar-refractivity contribution in [3.63, 3.8) is 0 Å². The van der Waals surface area contributed by atoms with Gasteiger partial charge in [0.1, 0.15) is 0 Å². The molecule has 1 aromatic carbocycles. The molecule has 3 heteroatoms. The third-order valence-corrected chi connectivity index (χ3v) is 2.96. The van der Waals surface area contributed by atoms with Crippen molar-refractivity contribution in [3.8, 4) is 0 Å². The number of benzene rings is 1. The fourth-order valence-electron chi connectivity index (χ4n) is 2.15. The zero-order valence-electron chi connectivity index (χ0n) is 8.52. The number of carboxylic acids is 1. The minimum atomic E-state index is -0.680. The van der Waals surface area contributed by atoms with Gasteiger partial charge >= 0.3 is 5.97 Å². The smallest absolute Gasteiger partial charge is 0.308 e.